The maximum atomic E-state index is 13.0. The van der Waals surface area contributed by atoms with Gasteiger partial charge in [0.1, 0.15) is 0 Å². The molecule has 1 atom stereocenters. The molecule has 0 amide bonds. The van der Waals surface area contributed by atoms with E-state index in [0.29, 0.717) is 27.5 Å². The Kier molecular flexibility index (Phi) is 6.25. The molecule has 0 aliphatic heterocycles. The number of aryl methyl sites for hydroxylation is 1. The van der Waals surface area contributed by atoms with Crippen LogP contribution in [0.3, 0.4) is 0 Å². The third-order valence-corrected chi connectivity index (χ3v) is 5.88. The van der Waals surface area contributed by atoms with Crippen LogP contribution in [-0.4, -0.2) is 20.5 Å². The van der Waals surface area contributed by atoms with Gasteiger partial charge in [0.2, 0.25) is 5.78 Å². The average molecular weight is 457 g/mol. The molecule has 0 aliphatic rings. The van der Waals surface area contributed by atoms with E-state index in [4.69, 9.17) is 11.6 Å². The summed E-state index contributed by atoms with van der Waals surface area (Å²) in [5.41, 5.74) is 4.37. The van der Waals surface area contributed by atoms with Crippen LogP contribution >= 0.6 is 11.6 Å². The second-order valence-corrected chi connectivity index (χ2v) is 8.30. The smallest absolute Gasteiger partial charge is 0.267 e. The Morgan fingerprint density at radius 2 is 1.88 bits per heavy atom. The van der Waals surface area contributed by atoms with Crippen molar-refractivity contribution in [1.29, 1.82) is 5.26 Å². The van der Waals surface area contributed by atoms with Crippen LogP contribution < -0.4 is 5.56 Å². The van der Waals surface area contributed by atoms with Crippen LogP contribution in [-0.2, 0) is 6.54 Å². The molecule has 0 bridgehead atoms. The van der Waals surface area contributed by atoms with Crippen molar-refractivity contribution in [3.05, 3.63) is 121 Å². The van der Waals surface area contributed by atoms with E-state index < -0.39 is 0 Å². The third kappa shape index (κ3) is 4.64. The molecule has 0 aliphatic carbocycles. The van der Waals surface area contributed by atoms with Crippen molar-refractivity contribution < 1.29 is 4.79 Å². The van der Waals surface area contributed by atoms with Crippen LogP contribution in [0.1, 0.15) is 57.0 Å². The number of hydrogen-bond donors (Lipinski definition) is 1. The zero-order valence-electron chi connectivity index (χ0n) is 18.2. The summed E-state index contributed by atoms with van der Waals surface area (Å²) < 4.78 is 1.36. The maximum Gasteiger partial charge on any atom is 0.267 e. The Morgan fingerprint density at radius 1 is 1.15 bits per heavy atom. The molecule has 0 fully saturated rings. The first-order chi connectivity index (χ1) is 15.9. The highest BCUT2D eigenvalue weighted by molar-refractivity contribution is 6.30. The normalized spacial score (nSPS) is 11.7. The van der Waals surface area contributed by atoms with E-state index in [1.165, 1.54) is 10.7 Å². The molecule has 0 saturated heterocycles. The molecule has 7 heteroatoms. The van der Waals surface area contributed by atoms with E-state index in [1.54, 1.807) is 42.5 Å². The van der Waals surface area contributed by atoms with Crippen LogP contribution in [0.4, 0.5) is 0 Å². The summed E-state index contributed by atoms with van der Waals surface area (Å²) in [5.74, 6) is -0.304. The summed E-state index contributed by atoms with van der Waals surface area (Å²) in [6.07, 6.45) is 0. The minimum Gasteiger partial charge on any atom is -0.355 e. The monoisotopic (exact) mass is 456 g/mol. The van der Waals surface area contributed by atoms with Gasteiger partial charge in [0.25, 0.3) is 5.56 Å². The standard InChI is InChI=1S/C26H21ClN4O2/c1-16-13-23(29-25(16)26(33)18-7-9-21(27)10-8-18)17(2)22-11-12-24(32)31(30-22)15-20-6-4-3-5-19(20)14-28/h3-13,17,29H,15H2,1-2H3. The van der Waals surface area contributed by atoms with Gasteiger partial charge in [-0.05, 0) is 60.5 Å². The lowest BCUT2D eigenvalue weighted by Gasteiger charge is -2.12. The summed E-state index contributed by atoms with van der Waals surface area (Å²) in [6.45, 7) is 4.04. The van der Waals surface area contributed by atoms with Gasteiger partial charge in [0, 0.05) is 28.3 Å². The molecule has 4 aromatic rings. The van der Waals surface area contributed by atoms with Crippen molar-refractivity contribution in [1.82, 2.24) is 14.8 Å². The van der Waals surface area contributed by atoms with E-state index in [9.17, 15) is 14.9 Å². The molecule has 0 spiro atoms. The molecule has 1 N–H and O–H groups in total. The number of carbonyl (C=O) groups is 1. The zero-order valence-corrected chi connectivity index (χ0v) is 18.9. The van der Waals surface area contributed by atoms with Crippen molar-refractivity contribution in [2.24, 2.45) is 0 Å². The first-order valence-electron chi connectivity index (χ1n) is 10.4. The molecule has 6 nitrogen and oxygen atoms in total. The Labute approximate surface area is 196 Å². The number of carbonyl (C=O) groups excluding carboxylic acids is 1. The fourth-order valence-corrected chi connectivity index (χ4v) is 3.82. The molecule has 4 rings (SSSR count). The number of halogens is 1. The summed E-state index contributed by atoms with van der Waals surface area (Å²) in [7, 11) is 0. The first kappa shape index (κ1) is 22.3. The maximum absolute atomic E-state index is 13.0. The fourth-order valence-electron chi connectivity index (χ4n) is 3.70. The SMILES string of the molecule is Cc1cc(C(C)c2ccc(=O)n(Cc3ccccc3C#N)n2)[nH]c1C(=O)c1ccc(Cl)cc1. The summed E-state index contributed by atoms with van der Waals surface area (Å²) in [4.78, 5) is 28.6. The number of hydrogen-bond acceptors (Lipinski definition) is 4. The van der Waals surface area contributed by atoms with Crippen molar-refractivity contribution >= 4 is 17.4 Å². The van der Waals surface area contributed by atoms with Gasteiger partial charge in [0.05, 0.1) is 29.6 Å². The predicted octanol–water partition coefficient (Wildman–Crippen LogP) is 4.84. The average Bonchev–Trinajstić information content (AvgIpc) is 3.22. The molecule has 0 saturated carbocycles. The molecular weight excluding hydrogens is 436 g/mol. The second kappa shape index (κ2) is 9.27. The number of nitriles is 1. The van der Waals surface area contributed by atoms with Gasteiger partial charge in [-0.1, -0.05) is 36.7 Å². The van der Waals surface area contributed by atoms with Gasteiger partial charge in [-0.15, -0.1) is 0 Å². The van der Waals surface area contributed by atoms with Gasteiger partial charge in [-0.25, -0.2) is 4.68 Å². The minimum absolute atomic E-state index is 0.117. The lowest BCUT2D eigenvalue weighted by molar-refractivity contribution is 0.103. The lowest BCUT2D eigenvalue weighted by atomic mass is 10.0. The number of H-pyrrole nitrogens is 1. The first-order valence-corrected chi connectivity index (χ1v) is 10.8. The molecule has 164 valence electrons. The van der Waals surface area contributed by atoms with Crippen LogP contribution in [0.2, 0.25) is 5.02 Å². The third-order valence-electron chi connectivity index (χ3n) is 5.62. The summed E-state index contributed by atoms with van der Waals surface area (Å²) in [6, 6.07) is 21.2. The highest BCUT2D eigenvalue weighted by atomic mass is 35.5. The van der Waals surface area contributed by atoms with Gasteiger partial charge in [-0.2, -0.15) is 10.4 Å². The molecule has 2 aromatic carbocycles. The molecule has 33 heavy (non-hydrogen) atoms. The van der Waals surface area contributed by atoms with Crippen LogP contribution in [0.15, 0.2) is 71.5 Å². The van der Waals surface area contributed by atoms with E-state index in [2.05, 4.69) is 16.2 Å². The molecule has 1 unspecified atom stereocenters. The van der Waals surface area contributed by atoms with E-state index >= 15 is 0 Å². The van der Waals surface area contributed by atoms with Crippen molar-refractivity contribution in [3.8, 4) is 6.07 Å². The predicted molar refractivity (Wildman–Crippen MR) is 127 cm³/mol. The number of benzene rings is 2. The Bertz CT molecular complexity index is 1430. The summed E-state index contributed by atoms with van der Waals surface area (Å²) in [5, 5.41) is 14.4. The molecule has 2 aromatic heterocycles. The Hall–Kier alpha value is -3.95. The van der Waals surface area contributed by atoms with Crippen molar-refractivity contribution in [2.45, 2.75) is 26.3 Å². The zero-order chi connectivity index (χ0) is 23.5. The molecule has 2 heterocycles. The quantitative estimate of drug-likeness (QED) is 0.420. The molecular formula is C26H21ClN4O2. The minimum atomic E-state index is -0.250. The largest absolute Gasteiger partial charge is 0.355 e. The van der Waals surface area contributed by atoms with E-state index in [-0.39, 0.29) is 23.8 Å². The molecule has 0 radical (unpaired) electrons. The van der Waals surface area contributed by atoms with E-state index in [0.717, 1.165) is 16.8 Å². The second-order valence-electron chi connectivity index (χ2n) is 7.86. The number of ketones is 1. The van der Waals surface area contributed by atoms with Crippen LogP contribution in [0.25, 0.3) is 0 Å². The number of aromatic amines is 1. The van der Waals surface area contributed by atoms with Crippen molar-refractivity contribution in [3.63, 3.8) is 0 Å². The topological polar surface area (TPSA) is 91.5 Å². The fraction of sp³-hybridized carbons (Fsp3) is 0.154. The number of nitrogens with one attached hydrogen (secondary N) is 1. The Balaban J connectivity index is 1.63. The lowest BCUT2D eigenvalue weighted by Crippen LogP contribution is -2.24. The van der Waals surface area contributed by atoms with E-state index in [1.807, 2.05) is 32.0 Å². The van der Waals surface area contributed by atoms with Gasteiger partial charge >= 0.3 is 0 Å². The highest BCUT2D eigenvalue weighted by Crippen LogP contribution is 2.25. The van der Waals surface area contributed by atoms with Gasteiger partial charge in [0.15, 0.2) is 0 Å². The van der Waals surface area contributed by atoms with Crippen LogP contribution in [0.5, 0.6) is 0 Å². The summed E-state index contributed by atoms with van der Waals surface area (Å²) >= 11 is 5.93. The van der Waals surface area contributed by atoms with Gasteiger partial charge < -0.3 is 4.98 Å². The van der Waals surface area contributed by atoms with Crippen LogP contribution in [0, 0.1) is 18.3 Å². The van der Waals surface area contributed by atoms with Crippen molar-refractivity contribution in [2.75, 3.05) is 0 Å². The number of rotatable bonds is 6. The number of nitrogens with zero attached hydrogens (tertiary/aromatic N) is 3. The number of aromatic nitrogens is 3. The highest BCUT2D eigenvalue weighted by Gasteiger charge is 2.20. The van der Waals surface area contributed by atoms with Gasteiger partial charge in [-0.3, -0.25) is 9.59 Å². The Morgan fingerprint density at radius 3 is 2.61 bits per heavy atom.